The van der Waals surface area contributed by atoms with Crippen LogP contribution in [0.4, 0.5) is 0 Å². The van der Waals surface area contributed by atoms with Crippen molar-refractivity contribution < 1.29 is 28.0 Å². The number of carboxylic acids is 2. The fraction of sp³-hybridized carbons (Fsp3) is 0.125. The van der Waals surface area contributed by atoms with Gasteiger partial charge in [-0.3, -0.25) is 0 Å². The first-order chi connectivity index (χ1) is 11.9. The maximum atomic E-state index is 11.7. The van der Waals surface area contributed by atoms with E-state index in [2.05, 4.69) is 0 Å². The zero-order valence-corrected chi connectivity index (χ0v) is 10.2. The summed E-state index contributed by atoms with van der Waals surface area (Å²) in [4.78, 5) is 23.4. The maximum Gasteiger partial charge on any atom is 0.336 e. The van der Waals surface area contributed by atoms with Crippen LogP contribution in [-0.2, 0) is 0 Å². The molecule has 0 amide bonds. The standard InChI is InChI=1S/C16H14O4/c1-9-5-3-7-11(13(9)15(17)18)12-8-4-6-10(2)14(12)16(19)20/h3-8H,1-2H3,(H,17,18)(H,19,20)/i1D3,2D3. The molecule has 0 atom stereocenters. The van der Waals surface area contributed by atoms with E-state index in [4.69, 9.17) is 8.22 Å². The van der Waals surface area contributed by atoms with E-state index in [1.165, 1.54) is 24.3 Å². The Kier molecular flexibility index (Phi) is 2.03. The highest BCUT2D eigenvalue weighted by Gasteiger charge is 2.20. The third kappa shape index (κ3) is 2.28. The van der Waals surface area contributed by atoms with Crippen LogP contribution in [0.1, 0.15) is 40.1 Å². The van der Waals surface area contributed by atoms with Crippen LogP contribution in [0.2, 0.25) is 0 Å². The molecule has 0 aromatic heterocycles. The number of hydrogen-bond donors (Lipinski definition) is 2. The van der Waals surface area contributed by atoms with Crippen LogP contribution < -0.4 is 0 Å². The summed E-state index contributed by atoms with van der Waals surface area (Å²) < 4.78 is 45.1. The van der Waals surface area contributed by atoms with Gasteiger partial charge >= 0.3 is 11.9 Å². The predicted molar refractivity (Wildman–Crippen MR) is 75.3 cm³/mol. The van der Waals surface area contributed by atoms with Crippen LogP contribution >= 0.6 is 0 Å². The molecule has 4 heteroatoms. The lowest BCUT2D eigenvalue weighted by atomic mass is 9.91. The molecule has 2 rings (SSSR count). The number of carboxylic acid groups (broad SMARTS) is 2. The molecular formula is C16H14O4. The van der Waals surface area contributed by atoms with Crippen molar-refractivity contribution in [3.05, 3.63) is 58.7 Å². The lowest BCUT2D eigenvalue weighted by Gasteiger charge is -2.13. The summed E-state index contributed by atoms with van der Waals surface area (Å²) in [5.41, 5.74) is -2.43. The molecule has 2 aromatic carbocycles. The Hall–Kier alpha value is -2.62. The van der Waals surface area contributed by atoms with E-state index in [-0.39, 0.29) is 11.1 Å². The number of rotatable bonds is 3. The normalized spacial score (nSPS) is 16.0. The average Bonchev–Trinajstić information content (AvgIpc) is 2.51. The highest BCUT2D eigenvalue weighted by Crippen LogP contribution is 2.30. The lowest BCUT2D eigenvalue weighted by molar-refractivity contribution is 0.0683. The molecule has 0 aliphatic rings. The second-order valence-corrected chi connectivity index (χ2v) is 4.07. The molecule has 0 saturated carbocycles. The van der Waals surface area contributed by atoms with Gasteiger partial charge in [-0.1, -0.05) is 36.4 Å². The minimum Gasteiger partial charge on any atom is -0.478 e. The molecule has 20 heavy (non-hydrogen) atoms. The monoisotopic (exact) mass is 276 g/mol. The first-order valence-corrected chi connectivity index (χ1v) is 5.59. The van der Waals surface area contributed by atoms with Crippen molar-refractivity contribution in [1.29, 1.82) is 0 Å². The minimum absolute atomic E-state index is 0.172. The predicted octanol–water partition coefficient (Wildman–Crippen LogP) is 3.37. The molecule has 2 aromatic rings. The summed E-state index contributed by atoms with van der Waals surface area (Å²) in [6.45, 7) is -5.48. The SMILES string of the molecule is [2H]C([2H])([2H])c1cccc(-c2cccc(C([2H])([2H])[2H])c2C(=O)O)c1C(=O)O. The van der Waals surface area contributed by atoms with Gasteiger partial charge in [0.15, 0.2) is 0 Å². The molecule has 0 heterocycles. The molecule has 0 aliphatic carbocycles. The Morgan fingerprint density at radius 1 is 0.850 bits per heavy atom. The van der Waals surface area contributed by atoms with Crippen LogP contribution in [0.3, 0.4) is 0 Å². The zero-order valence-electron chi connectivity index (χ0n) is 16.2. The van der Waals surface area contributed by atoms with Gasteiger partial charge in [0.25, 0.3) is 0 Å². The quantitative estimate of drug-likeness (QED) is 0.901. The summed E-state index contributed by atoms with van der Waals surface area (Å²) in [7, 11) is 0. The second-order valence-electron chi connectivity index (χ2n) is 4.07. The van der Waals surface area contributed by atoms with Crippen molar-refractivity contribution >= 4 is 11.9 Å². The molecule has 0 fully saturated rings. The number of carbonyl (C=O) groups is 2. The van der Waals surface area contributed by atoms with Crippen molar-refractivity contribution in [3.63, 3.8) is 0 Å². The van der Waals surface area contributed by atoms with E-state index in [0.717, 1.165) is 12.1 Å². The Labute approximate surface area is 124 Å². The van der Waals surface area contributed by atoms with Gasteiger partial charge in [0.1, 0.15) is 0 Å². The van der Waals surface area contributed by atoms with Crippen molar-refractivity contribution in [2.75, 3.05) is 0 Å². The smallest absolute Gasteiger partial charge is 0.336 e. The van der Waals surface area contributed by atoms with E-state index in [0.29, 0.717) is 0 Å². The van der Waals surface area contributed by atoms with Crippen LogP contribution in [0.25, 0.3) is 11.1 Å². The maximum absolute atomic E-state index is 11.7. The fourth-order valence-electron chi connectivity index (χ4n) is 2.01. The molecule has 102 valence electrons. The summed E-state index contributed by atoms with van der Waals surface area (Å²) in [6.07, 6.45) is 0. The Morgan fingerprint density at radius 3 is 1.55 bits per heavy atom. The van der Waals surface area contributed by atoms with Gasteiger partial charge in [0.05, 0.1) is 11.1 Å². The largest absolute Gasteiger partial charge is 0.478 e. The van der Waals surface area contributed by atoms with Gasteiger partial charge in [-0.15, -0.1) is 0 Å². The first kappa shape index (κ1) is 7.85. The zero-order chi connectivity index (χ0) is 19.9. The molecule has 0 aliphatic heterocycles. The van der Waals surface area contributed by atoms with Crippen molar-refractivity contribution in [3.8, 4) is 11.1 Å². The molecule has 0 radical (unpaired) electrons. The summed E-state index contributed by atoms with van der Waals surface area (Å²) in [5, 5.41) is 19.0. The molecule has 0 bridgehead atoms. The van der Waals surface area contributed by atoms with Crippen LogP contribution in [0, 0.1) is 13.7 Å². The highest BCUT2D eigenvalue weighted by molar-refractivity contribution is 6.03. The number of aryl methyl sites for hydroxylation is 2. The van der Waals surface area contributed by atoms with E-state index < -0.39 is 47.9 Å². The van der Waals surface area contributed by atoms with Gasteiger partial charge in [-0.2, -0.15) is 0 Å². The first-order valence-electron chi connectivity index (χ1n) is 8.59. The third-order valence-electron chi connectivity index (χ3n) is 2.85. The lowest BCUT2D eigenvalue weighted by Crippen LogP contribution is -2.07. The Morgan fingerprint density at radius 2 is 1.25 bits per heavy atom. The van der Waals surface area contributed by atoms with Crippen molar-refractivity contribution in [2.24, 2.45) is 0 Å². The molecule has 2 N–H and O–H groups in total. The topological polar surface area (TPSA) is 74.6 Å². The van der Waals surface area contributed by atoms with Crippen molar-refractivity contribution in [2.45, 2.75) is 13.7 Å². The van der Waals surface area contributed by atoms with Gasteiger partial charge in [-0.25, -0.2) is 9.59 Å². The molecule has 0 spiro atoms. The summed E-state index contributed by atoms with van der Waals surface area (Å²) >= 11 is 0. The van der Waals surface area contributed by atoms with Crippen molar-refractivity contribution in [1.82, 2.24) is 0 Å². The number of hydrogen-bond acceptors (Lipinski definition) is 2. The van der Waals surface area contributed by atoms with Gasteiger partial charge in [-0.05, 0) is 36.0 Å². The minimum atomic E-state index is -2.74. The van der Waals surface area contributed by atoms with E-state index in [1.807, 2.05) is 0 Å². The number of aromatic carboxylic acids is 2. The molecule has 0 saturated heterocycles. The summed E-state index contributed by atoms with van der Waals surface area (Å²) in [5.74, 6) is -3.11. The fourth-order valence-corrected chi connectivity index (χ4v) is 2.01. The Balaban J connectivity index is 2.95. The second kappa shape index (κ2) is 5.17. The molecule has 4 nitrogen and oxygen atoms in total. The Bertz CT molecular complexity index is 810. The van der Waals surface area contributed by atoms with Gasteiger partial charge in [0.2, 0.25) is 0 Å². The summed E-state index contributed by atoms with van der Waals surface area (Å²) in [6, 6.07) is 7.32. The van der Waals surface area contributed by atoms with E-state index in [1.54, 1.807) is 0 Å². The molecular weight excluding hydrogens is 256 g/mol. The van der Waals surface area contributed by atoms with Gasteiger partial charge < -0.3 is 10.2 Å². The van der Waals surface area contributed by atoms with Crippen LogP contribution in [-0.4, -0.2) is 22.2 Å². The van der Waals surface area contributed by atoms with Crippen LogP contribution in [0.15, 0.2) is 36.4 Å². The van der Waals surface area contributed by atoms with E-state index >= 15 is 0 Å². The third-order valence-corrected chi connectivity index (χ3v) is 2.85. The van der Waals surface area contributed by atoms with Crippen LogP contribution in [0.5, 0.6) is 0 Å². The highest BCUT2D eigenvalue weighted by atomic mass is 16.4. The average molecular weight is 276 g/mol. The van der Waals surface area contributed by atoms with E-state index in [9.17, 15) is 19.8 Å². The molecule has 0 unspecified atom stereocenters. The van der Waals surface area contributed by atoms with Gasteiger partial charge in [0, 0.05) is 8.22 Å². The number of benzene rings is 2.